The Bertz CT molecular complexity index is 923. The molecule has 1 fully saturated rings. The first-order chi connectivity index (χ1) is 15.8. The Balaban J connectivity index is 1.74. The van der Waals surface area contributed by atoms with E-state index >= 15 is 0 Å². The lowest BCUT2D eigenvalue weighted by Crippen LogP contribution is -2.59. The molecule has 0 saturated carbocycles. The first-order valence-electron chi connectivity index (χ1n) is 11.0. The largest absolute Gasteiger partial charge is 0.490 e. The summed E-state index contributed by atoms with van der Waals surface area (Å²) in [5, 5.41) is 0.615. The molecule has 0 N–H and O–H groups in total. The molecule has 7 nitrogen and oxygen atoms in total. The summed E-state index contributed by atoms with van der Waals surface area (Å²) in [6, 6.07) is 16.9. The molecule has 1 aliphatic rings. The highest BCUT2D eigenvalue weighted by Crippen LogP contribution is 2.26. The molecule has 1 aliphatic heterocycles. The minimum Gasteiger partial charge on any atom is -0.490 e. The molecule has 178 valence electrons. The van der Waals surface area contributed by atoms with E-state index in [0.29, 0.717) is 37.0 Å². The fourth-order valence-electron chi connectivity index (χ4n) is 3.78. The maximum Gasteiger partial charge on any atom is 0.236 e. The summed E-state index contributed by atoms with van der Waals surface area (Å²) < 4.78 is 12.2. The minimum absolute atomic E-state index is 0.00394. The maximum atomic E-state index is 13.2. The third kappa shape index (κ3) is 7.45. The van der Waals surface area contributed by atoms with Crippen molar-refractivity contribution in [2.45, 2.75) is 18.6 Å². The van der Waals surface area contributed by atoms with E-state index in [1.54, 1.807) is 41.1 Å². The van der Waals surface area contributed by atoms with Gasteiger partial charge < -0.3 is 24.2 Å². The van der Waals surface area contributed by atoms with E-state index in [9.17, 15) is 9.59 Å². The third-order valence-electron chi connectivity index (χ3n) is 5.53. The van der Waals surface area contributed by atoms with Crippen molar-refractivity contribution in [1.29, 1.82) is 0 Å². The first-order valence-corrected chi connectivity index (χ1v) is 11.4. The number of carbonyl (C=O) groups is 2. The molecule has 0 bridgehead atoms. The SMILES string of the molecule is CN(C)CC(=O)N1CCO[C@](COc2ccc(Cl)cc2)(CC(=O)N(C)Cc2ccccc2)C1. The van der Waals surface area contributed by atoms with Gasteiger partial charge in [-0.25, -0.2) is 0 Å². The predicted octanol–water partition coefficient (Wildman–Crippen LogP) is 2.93. The zero-order valence-electron chi connectivity index (χ0n) is 19.5. The topological polar surface area (TPSA) is 62.3 Å². The number of halogens is 1. The first kappa shape index (κ1) is 25.0. The number of hydrogen-bond acceptors (Lipinski definition) is 5. The van der Waals surface area contributed by atoms with Crippen LogP contribution < -0.4 is 4.74 Å². The molecule has 33 heavy (non-hydrogen) atoms. The number of rotatable bonds is 9. The van der Waals surface area contributed by atoms with Crippen molar-refractivity contribution in [3.05, 3.63) is 65.2 Å². The van der Waals surface area contributed by atoms with Gasteiger partial charge in [0.1, 0.15) is 18.0 Å². The van der Waals surface area contributed by atoms with E-state index in [0.717, 1.165) is 5.56 Å². The monoisotopic (exact) mass is 473 g/mol. The van der Waals surface area contributed by atoms with E-state index in [2.05, 4.69) is 0 Å². The van der Waals surface area contributed by atoms with Crippen LogP contribution in [0.4, 0.5) is 0 Å². The number of benzene rings is 2. The van der Waals surface area contributed by atoms with Gasteiger partial charge in [-0.2, -0.15) is 0 Å². The zero-order chi connectivity index (χ0) is 23.8. The number of carbonyl (C=O) groups excluding carboxylic acids is 2. The van der Waals surface area contributed by atoms with E-state index in [-0.39, 0.29) is 31.4 Å². The van der Waals surface area contributed by atoms with Gasteiger partial charge in [-0.15, -0.1) is 0 Å². The van der Waals surface area contributed by atoms with Gasteiger partial charge in [-0.3, -0.25) is 9.59 Å². The Kier molecular flexibility index (Phi) is 8.72. The fraction of sp³-hybridized carbons (Fsp3) is 0.440. The Labute approximate surface area is 200 Å². The number of ether oxygens (including phenoxy) is 2. The van der Waals surface area contributed by atoms with Crippen molar-refractivity contribution in [3.8, 4) is 5.75 Å². The van der Waals surface area contributed by atoms with E-state index < -0.39 is 5.60 Å². The van der Waals surface area contributed by atoms with E-state index in [1.807, 2.05) is 49.3 Å². The predicted molar refractivity (Wildman–Crippen MR) is 128 cm³/mol. The number of hydrogen-bond donors (Lipinski definition) is 0. The molecule has 2 amide bonds. The van der Waals surface area contributed by atoms with E-state index in [4.69, 9.17) is 21.1 Å². The van der Waals surface area contributed by atoms with Gasteiger partial charge in [-0.1, -0.05) is 41.9 Å². The van der Waals surface area contributed by atoms with Crippen LogP contribution in [0, 0.1) is 0 Å². The lowest BCUT2D eigenvalue weighted by Gasteiger charge is -2.43. The van der Waals surface area contributed by atoms with Crippen molar-refractivity contribution in [3.63, 3.8) is 0 Å². The molecule has 0 spiro atoms. The highest BCUT2D eigenvalue weighted by Gasteiger charge is 2.42. The van der Waals surface area contributed by atoms with Crippen LogP contribution in [0.3, 0.4) is 0 Å². The number of nitrogens with zero attached hydrogens (tertiary/aromatic N) is 3. The highest BCUT2D eigenvalue weighted by atomic mass is 35.5. The van der Waals surface area contributed by atoms with Gasteiger partial charge in [0.25, 0.3) is 0 Å². The van der Waals surface area contributed by atoms with Gasteiger partial charge in [0, 0.05) is 25.2 Å². The Hall–Kier alpha value is -2.61. The maximum absolute atomic E-state index is 13.2. The highest BCUT2D eigenvalue weighted by molar-refractivity contribution is 6.30. The smallest absolute Gasteiger partial charge is 0.236 e. The third-order valence-corrected chi connectivity index (χ3v) is 5.78. The summed E-state index contributed by atoms with van der Waals surface area (Å²) >= 11 is 5.97. The molecule has 2 aromatic rings. The number of morpholine rings is 1. The van der Waals surface area contributed by atoms with Gasteiger partial charge in [0.2, 0.25) is 11.8 Å². The molecule has 1 atom stereocenters. The van der Waals surface area contributed by atoms with Crippen LogP contribution in [0.15, 0.2) is 54.6 Å². The van der Waals surface area contributed by atoms with Gasteiger partial charge in [0.15, 0.2) is 0 Å². The van der Waals surface area contributed by atoms with Crippen molar-refractivity contribution in [2.24, 2.45) is 0 Å². The molecule has 1 saturated heterocycles. The summed E-state index contributed by atoms with van der Waals surface area (Å²) in [5.41, 5.74) is 0.106. The van der Waals surface area contributed by atoms with Crippen LogP contribution in [0.1, 0.15) is 12.0 Å². The van der Waals surface area contributed by atoms with Crippen LogP contribution in [0.5, 0.6) is 5.75 Å². The van der Waals surface area contributed by atoms with Crippen molar-refractivity contribution in [2.75, 3.05) is 54.0 Å². The molecular weight excluding hydrogens is 442 g/mol. The average molecular weight is 474 g/mol. The van der Waals surface area contributed by atoms with Crippen LogP contribution in [-0.4, -0.2) is 86.1 Å². The number of likely N-dealkylation sites (N-methyl/N-ethyl adjacent to an activating group) is 1. The summed E-state index contributed by atoms with van der Waals surface area (Å²) in [6.07, 6.45) is 0.107. The molecule has 0 aliphatic carbocycles. The Morgan fingerprint density at radius 1 is 1.09 bits per heavy atom. The van der Waals surface area contributed by atoms with Gasteiger partial charge in [0.05, 0.1) is 26.1 Å². The minimum atomic E-state index is -0.943. The van der Waals surface area contributed by atoms with Crippen LogP contribution in [-0.2, 0) is 20.9 Å². The van der Waals surface area contributed by atoms with Crippen LogP contribution in [0.2, 0.25) is 5.02 Å². The lowest BCUT2D eigenvalue weighted by atomic mass is 9.96. The Morgan fingerprint density at radius 2 is 1.79 bits per heavy atom. The summed E-state index contributed by atoms with van der Waals surface area (Å²) in [4.78, 5) is 31.2. The Morgan fingerprint density at radius 3 is 2.45 bits per heavy atom. The second-order valence-electron chi connectivity index (χ2n) is 8.74. The second-order valence-corrected chi connectivity index (χ2v) is 9.18. The summed E-state index contributed by atoms with van der Waals surface area (Å²) in [5.74, 6) is 0.564. The summed E-state index contributed by atoms with van der Waals surface area (Å²) in [6.45, 7) is 2.07. The average Bonchev–Trinajstić information content (AvgIpc) is 2.79. The van der Waals surface area contributed by atoms with Crippen molar-refractivity contribution in [1.82, 2.24) is 14.7 Å². The van der Waals surface area contributed by atoms with E-state index in [1.165, 1.54) is 0 Å². The fourth-order valence-corrected chi connectivity index (χ4v) is 3.90. The molecule has 0 unspecified atom stereocenters. The molecule has 8 heteroatoms. The standard InChI is InChI=1S/C25H32ClN3O4/c1-27(2)17-24(31)29-13-14-33-25(18-29,19-32-22-11-9-21(26)10-12-22)15-23(30)28(3)16-20-7-5-4-6-8-20/h4-12H,13-19H2,1-3H3/t25-/m1/s1. The van der Waals surface area contributed by atoms with Crippen LogP contribution in [0.25, 0.3) is 0 Å². The zero-order valence-corrected chi connectivity index (χ0v) is 20.3. The van der Waals surface area contributed by atoms with Crippen molar-refractivity contribution >= 4 is 23.4 Å². The normalized spacial score (nSPS) is 18.3. The van der Waals surface area contributed by atoms with Gasteiger partial charge >= 0.3 is 0 Å². The molecule has 3 rings (SSSR count). The van der Waals surface area contributed by atoms with Gasteiger partial charge in [-0.05, 0) is 43.9 Å². The molecule has 2 aromatic carbocycles. The lowest BCUT2D eigenvalue weighted by molar-refractivity contribution is -0.166. The molecule has 0 radical (unpaired) electrons. The summed E-state index contributed by atoms with van der Waals surface area (Å²) in [7, 11) is 5.50. The van der Waals surface area contributed by atoms with Crippen molar-refractivity contribution < 1.29 is 19.1 Å². The number of amides is 2. The molecular formula is C25H32ClN3O4. The second kappa shape index (κ2) is 11.5. The quantitative estimate of drug-likeness (QED) is 0.560. The van der Waals surface area contributed by atoms with Crippen LogP contribution >= 0.6 is 11.6 Å². The molecule has 1 heterocycles. The molecule has 0 aromatic heterocycles.